The Kier molecular flexibility index (Phi) is 1.69. The predicted molar refractivity (Wildman–Crippen MR) is 43.2 cm³/mol. The molecule has 2 rings (SSSR count). The Balaban J connectivity index is 1.92. The van der Waals surface area contributed by atoms with Crippen LogP contribution in [0.3, 0.4) is 0 Å². The van der Waals surface area contributed by atoms with E-state index in [2.05, 4.69) is 27.5 Å². The summed E-state index contributed by atoms with van der Waals surface area (Å²) in [7, 11) is 2.10. The zero-order valence-corrected chi connectivity index (χ0v) is 7.01. The van der Waals surface area contributed by atoms with Crippen molar-refractivity contribution in [1.29, 1.82) is 0 Å². The van der Waals surface area contributed by atoms with Crippen LogP contribution < -0.4 is 5.73 Å². The van der Waals surface area contributed by atoms with Gasteiger partial charge in [0, 0.05) is 19.0 Å². The van der Waals surface area contributed by atoms with Crippen LogP contribution in [0.1, 0.15) is 0 Å². The van der Waals surface area contributed by atoms with Crippen molar-refractivity contribution in [3.05, 3.63) is 0 Å². The first-order valence-corrected chi connectivity index (χ1v) is 3.96. The second-order valence-corrected chi connectivity index (χ2v) is 3.31. The zero-order chi connectivity index (χ0) is 8.55. The van der Waals surface area contributed by atoms with E-state index in [0.717, 1.165) is 19.6 Å². The molecule has 6 heteroatoms. The van der Waals surface area contributed by atoms with Crippen molar-refractivity contribution in [3.63, 3.8) is 0 Å². The molecule has 66 valence electrons. The largest absolute Gasteiger partial charge is 0.367 e. The third-order valence-corrected chi connectivity index (χ3v) is 2.13. The molecule has 1 aliphatic heterocycles. The van der Waals surface area contributed by atoms with Gasteiger partial charge in [0.15, 0.2) is 0 Å². The number of hydrogen-bond acceptors (Lipinski definition) is 5. The molecule has 1 saturated heterocycles. The van der Waals surface area contributed by atoms with Gasteiger partial charge in [0.05, 0.1) is 6.54 Å². The van der Waals surface area contributed by atoms with Crippen LogP contribution in [-0.2, 0) is 6.54 Å². The number of anilines is 1. The van der Waals surface area contributed by atoms with Crippen molar-refractivity contribution < 1.29 is 0 Å². The maximum absolute atomic E-state index is 5.52. The maximum atomic E-state index is 5.52. The second-order valence-electron chi connectivity index (χ2n) is 3.31. The Morgan fingerprint density at radius 1 is 1.58 bits per heavy atom. The molecule has 0 atom stereocenters. The molecular formula is C6H12N6. The lowest BCUT2D eigenvalue weighted by Crippen LogP contribution is -2.45. The van der Waals surface area contributed by atoms with E-state index in [-0.39, 0.29) is 0 Å². The van der Waals surface area contributed by atoms with Crippen molar-refractivity contribution >= 4 is 5.95 Å². The summed E-state index contributed by atoms with van der Waals surface area (Å²) >= 11 is 0. The van der Waals surface area contributed by atoms with Crippen LogP contribution in [0.2, 0.25) is 0 Å². The molecule has 0 aliphatic carbocycles. The van der Waals surface area contributed by atoms with Crippen LogP contribution in [0.5, 0.6) is 0 Å². The molecule has 0 radical (unpaired) electrons. The molecule has 6 nitrogen and oxygen atoms in total. The highest BCUT2D eigenvalue weighted by Gasteiger charge is 2.24. The number of nitrogens with zero attached hydrogens (tertiary/aromatic N) is 5. The zero-order valence-electron chi connectivity index (χ0n) is 7.01. The molecule has 0 saturated carbocycles. The molecule has 0 unspecified atom stereocenters. The summed E-state index contributed by atoms with van der Waals surface area (Å²) in [5.41, 5.74) is 5.52. The Morgan fingerprint density at radius 2 is 2.33 bits per heavy atom. The topological polar surface area (TPSA) is 72.9 Å². The SMILES string of the molecule is CN1CC(Cn2nnnc2N)C1. The summed E-state index contributed by atoms with van der Waals surface area (Å²) in [6, 6.07) is 0. The predicted octanol–water partition coefficient (Wildman–Crippen LogP) is -1.18. The van der Waals surface area contributed by atoms with Crippen molar-refractivity contribution in [2.24, 2.45) is 5.92 Å². The lowest BCUT2D eigenvalue weighted by atomic mass is 10.0. The summed E-state index contributed by atoms with van der Waals surface area (Å²) < 4.78 is 1.65. The fourth-order valence-corrected chi connectivity index (χ4v) is 1.53. The van der Waals surface area contributed by atoms with E-state index in [9.17, 15) is 0 Å². The molecule has 0 aromatic carbocycles. The summed E-state index contributed by atoms with van der Waals surface area (Å²) in [6.07, 6.45) is 0. The van der Waals surface area contributed by atoms with Crippen LogP contribution in [0.4, 0.5) is 5.95 Å². The van der Waals surface area contributed by atoms with Crippen LogP contribution in [-0.4, -0.2) is 45.2 Å². The minimum absolute atomic E-state index is 0.407. The van der Waals surface area contributed by atoms with Crippen molar-refractivity contribution in [2.75, 3.05) is 25.9 Å². The number of nitrogen functional groups attached to an aromatic ring is 1. The minimum Gasteiger partial charge on any atom is -0.367 e. The number of nitrogens with two attached hydrogens (primary N) is 1. The molecule has 2 N–H and O–H groups in total. The van der Waals surface area contributed by atoms with Gasteiger partial charge in [-0.15, -0.1) is 0 Å². The van der Waals surface area contributed by atoms with Crippen molar-refractivity contribution in [3.8, 4) is 0 Å². The van der Waals surface area contributed by atoms with E-state index < -0.39 is 0 Å². The summed E-state index contributed by atoms with van der Waals surface area (Å²) in [4.78, 5) is 2.26. The first-order chi connectivity index (χ1) is 5.75. The van der Waals surface area contributed by atoms with Crippen molar-refractivity contribution in [2.45, 2.75) is 6.54 Å². The molecule has 0 bridgehead atoms. The molecule has 12 heavy (non-hydrogen) atoms. The fourth-order valence-electron chi connectivity index (χ4n) is 1.53. The molecule has 1 aromatic rings. The Labute approximate surface area is 70.3 Å². The Morgan fingerprint density at radius 3 is 2.83 bits per heavy atom. The highest BCUT2D eigenvalue weighted by molar-refractivity contribution is 5.10. The van der Waals surface area contributed by atoms with E-state index in [4.69, 9.17) is 5.73 Å². The van der Waals surface area contributed by atoms with Gasteiger partial charge >= 0.3 is 0 Å². The van der Waals surface area contributed by atoms with E-state index in [1.165, 1.54) is 0 Å². The third-order valence-electron chi connectivity index (χ3n) is 2.13. The van der Waals surface area contributed by atoms with Gasteiger partial charge in [-0.05, 0) is 17.5 Å². The average molecular weight is 168 g/mol. The lowest BCUT2D eigenvalue weighted by molar-refractivity contribution is 0.116. The quantitative estimate of drug-likeness (QED) is 0.601. The highest BCUT2D eigenvalue weighted by atomic mass is 15.6. The standard InChI is InChI=1S/C6H12N6/c1-11-2-5(3-11)4-12-6(7)8-9-10-12/h5H,2-4H2,1H3,(H2,7,8,10). The first kappa shape index (κ1) is 7.48. The van der Waals surface area contributed by atoms with E-state index in [0.29, 0.717) is 11.9 Å². The number of tetrazole rings is 1. The van der Waals surface area contributed by atoms with Crippen LogP contribution in [0, 0.1) is 5.92 Å². The summed E-state index contributed by atoms with van der Waals surface area (Å²) in [5.74, 6) is 1.06. The second kappa shape index (κ2) is 2.71. The third kappa shape index (κ3) is 1.25. The van der Waals surface area contributed by atoms with E-state index in [1.54, 1.807) is 4.68 Å². The Bertz CT molecular complexity index is 263. The van der Waals surface area contributed by atoms with Gasteiger partial charge in [-0.3, -0.25) is 0 Å². The lowest BCUT2D eigenvalue weighted by Gasteiger charge is -2.35. The molecule has 1 aliphatic rings. The average Bonchev–Trinajstić information content (AvgIpc) is 2.33. The molecule has 1 aromatic heterocycles. The maximum Gasteiger partial charge on any atom is 0.240 e. The van der Waals surface area contributed by atoms with Crippen LogP contribution in [0.25, 0.3) is 0 Å². The molecule has 2 heterocycles. The summed E-state index contributed by atoms with van der Waals surface area (Å²) in [6.45, 7) is 3.06. The number of likely N-dealkylation sites (tertiary alicyclic amines) is 1. The minimum atomic E-state index is 0.407. The van der Waals surface area contributed by atoms with Crippen molar-refractivity contribution in [1.82, 2.24) is 25.1 Å². The van der Waals surface area contributed by atoms with Gasteiger partial charge in [-0.1, -0.05) is 5.10 Å². The summed E-state index contributed by atoms with van der Waals surface area (Å²) in [5, 5.41) is 10.9. The van der Waals surface area contributed by atoms with Crippen LogP contribution >= 0.6 is 0 Å². The van der Waals surface area contributed by atoms with Gasteiger partial charge < -0.3 is 10.6 Å². The van der Waals surface area contributed by atoms with E-state index in [1.807, 2.05) is 0 Å². The van der Waals surface area contributed by atoms with E-state index >= 15 is 0 Å². The smallest absolute Gasteiger partial charge is 0.240 e. The number of rotatable bonds is 2. The molecule has 0 amide bonds. The van der Waals surface area contributed by atoms with Gasteiger partial charge in [0.1, 0.15) is 0 Å². The number of aromatic nitrogens is 4. The molecular weight excluding hydrogens is 156 g/mol. The Hall–Kier alpha value is -1.17. The normalized spacial score (nSPS) is 19.4. The number of hydrogen-bond donors (Lipinski definition) is 1. The van der Waals surface area contributed by atoms with Crippen LogP contribution in [0.15, 0.2) is 0 Å². The van der Waals surface area contributed by atoms with Gasteiger partial charge in [-0.2, -0.15) is 0 Å². The monoisotopic (exact) mass is 168 g/mol. The van der Waals surface area contributed by atoms with Gasteiger partial charge in [0.25, 0.3) is 0 Å². The fraction of sp³-hybridized carbons (Fsp3) is 0.833. The van der Waals surface area contributed by atoms with Gasteiger partial charge in [-0.25, -0.2) is 4.68 Å². The highest BCUT2D eigenvalue weighted by Crippen LogP contribution is 2.14. The molecule has 0 spiro atoms. The molecule has 1 fully saturated rings. The van der Waals surface area contributed by atoms with Gasteiger partial charge in [0.2, 0.25) is 5.95 Å². The first-order valence-electron chi connectivity index (χ1n) is 3.96.